The highest BCUT2D eigenvalue weighted by Gasteiger charge is 2.72. The molecule has 5 atom stereocenters. The van der Waals surface area contributed by atoms with Crippen LogP contribution < -0.4 is 10.6 Å². The Labute approximate surface area is 241 Å². The van der Waals surface area contributed by atoms with Crippen LogP contribution in [0.15, 0.2) is 54.6 Å². The molecule has 2 aromatic carbocycles. The maximum atomic E-state index is 14.1. The predicted octanol–water partition coefficient (Wildman–Crippen LogP) is 5.39. The Morgan fingerprint density at radius 3 is 2.44 bits per heavy atom. The fourth-order valence-corrected chi connectivity index (χ4v) is 7.35. The summed E-state index contributed by atoms with van der Waals surface area (Å²) in [5.74, 6) is -2.67. The second-order valence-corrected chi connectivity index (χ2v) is 12.0. The Morgan fingerprint density at radius 2 is 1.72 bits per heavy atom. The van der Waals surface area contributed by atoms with Gasteiger partial charge in [-0.2, -0.15) is 0 Å². The normalized spacial score (nSPS) is 29.5. The van der Waals surface area contributed by atoms with Gasteiger partial charge in [-0.1, -0.05) is 84.4 Å². The van der Waals surface area contributed by atoms with Gasteiger partial charge in [0.1, 0.15) is 11.6 Å². The van der Waals surface area contributed by atoms with E-state index in [4.69, 9.17) is 39.5 Å². The Morgan fingerprint density at radius 1 is 1.00 bits per heavy atom. The lowest BCUT2D eigenvalue weighted by molar-refractivity contribution is -0.142. The summed E-state index contributed by atoms with van der Waals surface area (Å²) >= 11 is 18.7. The Balaban J connectivity index is 1.34. The summed E-state index contributed by atoms with van der Waals surface area (Å²) in [5, 5.41) is 7.29. The molecule has 3 amide bonds. The molecule has 204 valence electrons. The molecule has 4 aliphatic rings. The molecule has 0 radical (unpaired) electrons. The van der Waals surface area contributed by atoms with E-state index in [2.05, 4.69) is 10.6 Å². The third-order valence-electron chi connectivity index (χ3n) is 8.31. The van der Waals surface area contributed by atoms with Crippen LogP contribution >= 0.6 is 34.8 Å². The molecule has 7 nitrogen and oxygen atoms in total. The minimum Gasteiger partial charge on any atom is -0.359 e. The Kier molecular flexibility index (Phi) is 7.12. The summed E-state index contributed by atoms with van der Waals surface area (Å²) in [5.41, 5.74) is -0.119. The van der Waals surface area contributed by atoms with Gasteiger partial charge in [-0.3, -0.25) is 14.4 Å². The molecule has 2 bridgehead atoms. The molecule has 2 aromatic rings. The number of benzene rings is 2. The van der Waals surface area contributed by atoms with Gasteiger partial charge >= 0.3 is 0 Å². The Hall–Kier alpha value is -2.58. The van der Waals surface area contributed by atoms with Gasteiger partial charge in [0.25, 0.3) is 0 Å². The molecule has 39 heavy (non-hydrogen) atoms. The minimum absolute atomic E-state index is 0.0493. The van der Waals surface area contributed by atoms with E-state index in [1.807, 2.05) is 18.2 Å². The number of hydrogen-bond acceptors (Lipinski definition) is 4. The van der Waals surface area contributed by atoms with Crippen LogP contribution in [0.4, 0.5) is 5.69 Å². The average molecular weight is 589 g/mol. The summed E-state index contributed by atoms with van der Waals surface area (Å²) in [7, 11) is 0. The van der Waals surface area contributed by atoms with Crippen LogP contribution in [0.1, 0.15) is 37.7 Å². The van der Waals surface area contributed by atoms with Crippen LogP contribution in [-0.4, -0.2) is 46.4 Å². The largest absolute Gasteiger partial charge is 0.359 e. The van der Waals surface area contributed by atoms with Gasteiger partial charge in [0.2, 0.25) is 17.7 Å². The van der Waals surface area contributed by atoms with E-state index < -0.39 is 35.5 Å². The van der Waals surface area contributed by atoms with Crippen LogP contribution in [0, 0.1) is 11.8 Å². The first-order valence-electron chi connectivity index (χ1n) is 13.3. The monoisotopic (exact) mass is 587 g/mol. The standard InChI is InChI=1S/C29H28Cl3N3O4/c30-17-12-18(31)14-20(13-17)34-26(36)23-22-10-11-29(39-22)24(23)28(38)35(15-16-6-4-5-9-21(16)32)25(29)27(37)33-19-7-2-1-3-8-19/h4-6,9-14,19,22-25H,1-3,7-8,15H2,(H,33,37)(H,34,36)/t22-,23-,24-,25-,29-/m0/s1. The number of hydrogen-bond donors (Lipinski definition) is 2. The number of carbonyl (C=O) groups is 3. The molecule has 1 spiro atoms. The number of anilines is 1. The maximum Gasteiger partial charge on any atom is 0.246 e. The molecular formula is C29H28Cl3N3O4. The average Bonchev–Trinajstić information content (AvgIpc) is 3.53. The smallest absolute Gasteiger partial charge is 0.246 e. The zero-order valence-electron chi connectivity index (χ0n) is 21.0. The summed E-state index contributed by atoms with van der Waals surface area (Å²) in [6.45, 7) is 0.125. The molecule has 2 N–H and O–H groups in total. The lowest BCUT2D eigenvalue weighted by Crippen LogP contribution is -2.56. The molecule has 2 saturated heterocycles. The predicted molar refractivity (Wildman–Crippen MR) is 150 cm³/mol. The molecule has 3 aliphatic heterocycles. The number of amides is 3. The molecular weight excluding hydrogens is 561 g/mol. The van der Waals surface area contributed by atoms with Gasteiger partial charge in [-0.05, 0) is 42.7 Å². The molecule has 0 unspecified atom stereocenters. The third kappa shape index (κ3) is 4.73. The lowest BCUT2D eigenvalue weighted by atomic mass is 9.74. The number of rotatable bonds is 6. The first-order valence-corrected chi connectivity index (χ1v) is 14.4. The van der Waals surface area contributed by atoms with Crippen molar-refractivity contribution in [3.63, 3.8) is 0 Å². The van der Waals surface area contributed by atoms with Crippen molar-refractivity contribution in [1.82, 2.24) is 10.2 Å². The summed E-state index contributed by atoms with van der Waals surface area (Å²) < 4.78 is 6.41. The zero-order chi connectivity index (χ0) is 27.3. The number of nitrogens with one attached hydrogen (secondary N) is 2. The fraction of sp³-hybridized carbons (Fsp3) is 0.414. The second-order valence-electron chi connectivity index (χ2n) is 10.7. The highest BCUT2D eigenvalue weighted by molar-refractivity contribution is 6.35. The van der Waals surface area contributed by atoms with Gasteiger partial charge in [-0.15, -0.1) is 0 Å². The number of carbonyl (C=O) groups excluding carboxylic acids is 3. The van der Waals surface area contributed by atoms with Crippen LogP contribution in [0.25, 0.3) is 0 Å². The zero-order valence-corrected chi connectivity index (χ0v) is 23.3. The van der Waals surface area contributed by atoms with E-state index in [0.717, 1.165) is 32.1 Å². The minimum atomic E-state index is -1.25. The summed E-state index contributed by atoms with van der Waals surface area (Å²) in [6.07, 6.45) is 8.03. The number of nitrogens with zero attached hydrogens (tertiary/aromatic N) is 1. The van der Waals surface area contributed by atoms with Crippen molar-refractivity contribution in [2.45, 2.75) is 62.4 Å². The Bertz CT molecular complexity index is 1340. The van der Waals surface area contributed by atoms with Crippen LogP contribution in [-0.2, 0) is 25.7 Å². The first-order chi connectivity index (χ1) is 18.8. The van der Waals surface area contributed by atoms with E-state index in [9.17, 15) is 14.4 Å². The topological polar surface area (TPSA) is 87.7 Å². The molecule has 3 fully saturated rings. The molecule has 0 aromatic heterocycles. The molecule has 1 aliphatic carbocycles. The van der Waals surface area contributed by atoms with Gasteiger partial charge in [-0.25, -0.2) is 0 Å². The highest BCUT2D eigenvalue weighted by atomic mass is 35.5. The maximum absolute atomic E-state index is 14.1. The van der Waals surface area contributed by atoms with E-state index in [0.29, 0.717) is 26.3 Å². The van der Waals surface area contributed by atoms with E-state index in [-0.39, 0.29) is 24.4 Å². The van der Waals surface area contributed by atoms with Crippen molar-refractivity contribution in [2.24, 2.45) is 11.8 Å². The molecule has 10 heteroatoms. The lowest BCUT2D eigenvalue weighted by Gasteiger charge is -2.34. The van der Waals surface area contributed by atoms with Crippen molar-refractivity contribution in [3.8, 4) is 0 Å². The van der Waals surface area contributed by atoms with Gasteiger partial charge < -0.3 is 20.3 Å². The van der Waals surface area contributed by atoms with Crippen molar-refractivity contribution in [3.05, 3.63) is 75.2 Å². The SMILES string of the molecule is O=C(Nc1cc(Cl)cc(Cl)c1)[C@H]1[C@@H]2C=C[C@]3(O2)[C@@H]1C(=O)N(Cc1ccccc1Cl)[C@H]3C(=O)NC1CCCCC1. The van der Waals surface area contributed by atoms with Crippen molar-refractivity contribution >= 4 is 58.2 Å². The van der Waals surface area contributed by atoms with E-state index >= 15 is 0 Å². The van der Waals surface area contributed by atoms with Crippen LogP contribution in [0.3, 0.4) is 0 Å². The summed E-state index contributed by atoms with van der Waals surface area (Å²) in [6, 6.07) is 11.1. The molecule has 3 heterocycles. The number of ether oxygens (including phenoxy) is 1. The number of likely N-dealkylation sites (tertiary alicyclic amines) is 1. The summed E-state index contributed by atoms with van der Waals surface area (Å²) in [4.78, 5) is 43.2. The van der Waals surface area contributed by atoms with E-state index in [1.165, 1.54) is 4.90 Å². The van der Waals surface area contributed by atoms with Gasteiger partial charge in [0, 0.05) is 33.3 Å². The van der Waals surface area contributed by atoms with Crippen molar-refractivity contribution in [1.29, 1.82) is 0 Å². The van der Waals surface area contributed by atoms with Crippen LogP contribution in [0.2, 0.25) is 15.1 Å². The van der Waals surface area contributed by atoms with Crippen molar-refractivity contribution in [2.75, 3.05) is 5.32 Å². The van der Waals surface area contributed by atoms with Gasteiger partial charge in [0.05, 0.1) is 17.9 Å². The van der Waals surface area contributed by atoms with Crippen molar-refractivity contribution < 1.29 is 19.1 Å². The highest BCUT2D eigenvalue weighted by Crippen LogP contribution is 2.55. The van der Waals surface area contributed by atoms with E-state index in [1.54, 1.807) is 36.4 Å². The quantitative estimate of drug-likeness (QED) is 0.444. The van der Waals surface area contributed by atoms with Crippen LogP contribution in [0.5, 0.6) is 0 Å². The van der Waals surface area contributed by atoms with Gasteiger partial charge in [0.15, 0.2) is 0 Å². The number of halogens is 3. The first kappa shape index (κ1) is 26.6. The molecule has 1 saturated carbocycles. The number of fused-ring (bicyclic) bond motifs is 1. The fourth-order valence-electron chi connectivity index (χ4n) is 6.63. The second kappa shape index (κ2) is 10.4. The molecule has 6 rings (SSSR count). The third-order valence-corrected chi connectivity index (χ3v) is 9.11.